The van der Waals surface area contributed by atoms with Crippen LogP contribution < -0.4 is 10.0 Å². The maximum atomic E-state index is 12.3. The van der Waals surface area contributed by atoms with E-state index in [4.69, 9.17) is 11.6 Å². The van der Waals surface area contributed by atoms with Crippen LogP contribution in [0.1, 0.15) is 10.4 Å². The minimum Gasteiger partial charge on any atom is -0.338 e. The summed E-state index contributed by atoms with van der Waals surface area (Å²) in [4.78, 5) is 0.919. The van der Waals surface area contributed by atoms with Crippen LogP contribution in [0.5, 0.6) is 0 Å². The fourth-order valence-corrected chi connectivity index (χ4v) is 4.53. The quantitative estimate of drug-likeness (QED) is 0.671. The average Bonchev–Trinajstić information content (AvgIpc) is 3.01. The van der Waals surface area contributed by atoms with Crippen molar-refractivity contribution < 1.29 is 8.42 Å². The summed E-state index contributed by atoms with van der Waals surface area (Å²) in [6.07, 6.45) is 0. The van der Waals surface area contributed by atoms with E-state index in [2.05, 4.69) is 20.2 Å². The van der Waals surface area contributed by atoms with Gasteiger partial charge in [0.05, 0.1) is 0 Å². The van der Waals surface area contributed by atoms with Gasteiger partial charge in [-0.1, -0.05) is 17.7 Å². The van der Waals surface area contributed by atoms with Crippen molar-refractivity contribution in [2.24, 2.45) is 0 Å². The summed E-state index contributed by atoms with van der Waals surface area (Å²) in [7, 11) is -3.65. The SMILES string of the molecule is Cc1ccc(S(=O)(=O)Nc2ccc(Nc3cccc(Cl)c3C)nn2)s1. The molecule has 6 nitrogen and oxygen atoms in total. The van der Waals surface area contributed by atoms with Gasteiger partial charge in [-0.05, 0) is 55.8 Å². The van der Waals surface area contributed by atoms with Gasteiger partial charge >= 0.3 is 0 Å². The molecule has 2 heterocycles. The molecule has 0 saturated carbocycles. The highest BCUT2D eigenvalue weighted by molar-refractivity contribution is 7.94. The third-order valence-electron chi connectivity index (χ3n) is 3.41. The summed E-state index contributed by atoms with van der Waals surface area (Å²) in [6.45, 7) is 3.74. The second-order valence-corrected chi connectivity index (χ2v) is 8.92. The number of hydrogen-bond donors (Lipinski definition) is 2. The number of thiophene rings is 1. The molecule has 25 heavy (non-hydrogen) atoms. The van der Waals surface area contributed by atoms with Gasteiger partial charge in [0.15, 0.2) is 11.6 Å². The van der Waals surface area contributed by atoms with E-state index in [1.54, 1.807) is 30.3 Å². The molecule has 2 aromatic heterocycles. The van der Waals surface area contributed by atoms with Crippen molar-refractivity contribution in [1.29, 1.82) is 0 Å². The Labute approximate surface area is 154 Å². The molecule has 0 spiro atoms. The normalized spacial score (nSPS) is 11.3. The van der Waals surface area contributed by atoms with Gasteiger partial charge in [0.25, 0.3) is 10.0 Å². The molecule has 0 aliphatic heterocycles. The standard InChI is InChI=1S/C16H15ClN4O2S2/c1-10-6-9-16(24-10)25(22,23)21-15-8-7-14(19-20-15)18-13-5-3-4-12(17)11(13)2/h3-9H,1-2H3,(H,18,19)(H,20,21). The molecule has 2 N–H and O–H groups in total. The Bertz CT molecular complexity index is 1000. The molecular formula is C16H15ClN4O2S2. The monoisotopic (exact) mass is 394 g/mol. The summed E-state index contributed by atoms with van der Waals surface area (Å²) < 4.78 is 27.2. The van der Waals surface area contributed by atoms with E-state index in [0.717, 1.165) is 16.1 Å². The molecule has 0 fully saturated rings. The molecule has 9 heteroatoms. The third kappa shape index (κ3) is 4.09. The molecule has 1 aromatic carbocycles. The van der Waals surface area contributed by atoms with Gasteiger partial charge in [0.1, 0.15) is 4.21 Å². The number of anilines is 3. The molecule has 0 unspecified atom stereocenters. The highest BCUT2D eigenvalue weighted by Crippen LogP contribution is 2.26. The van der Waals surface area contributed by atoms with Gasteiger partial charge in [-0.3, -0.25) is 4.72 Å². The first-order valence-corrected chi connectivity index (χ1v) is 9.98. The Morgan fingerprint density at radius 3 is 2.36 bits per heavy atom. The Hall–Kier alpha value is -2.16. The molecule has 0 aliphatic carbocycles. The predicted molar refractivity (Wildman–Crippen MR) is 101 cm³/mol. The van der Waals surface area contributed by atoms with Crippen LogP contribution in [0.2, 0.25) is 5.02 Å². The number of benzene rings is 1. The van der Waals surface area contributed by atoms with Gasteiger partial charge < -0.3 is 5.32 Å². The fourth-order valence-electron chi connectivity index (χ4n) is 2.08. The van der Waals surface area contributed by atoms with Gasteiger partial charge in [-0.15, -0.1) is 21.5 Å². The number of nitrogens with one attached hydrogen (secondary N) is 2. The largest absolute Gasteiger partial charge is 0.338 e. The van der Waals surface area contributed by atoms with E-state index in [-0.39, 0.29) is 10.0 Å². The number of halogens is 1. The molecular weight excluding hydrogens is 380 g/mol. The van der Waals surface area contributed by atoms with Crippen LogP contribution in [0, 0.1) is 13.8 Å². The number of aryl methyl sites for hydroxylation is 1. The van der Waals surface area contributed by atoms with Crippen LogP contribution in [0.15, 0.2) is 46.7 Å². The van der Waals surface area contributed by atoms with Crippen molar-refractivity contribution in [3.05, 3.63) is 57.9 Å². The van der Waals surface area contributed by atoms with Crippen molar-refractivity contribution >= 4 is 50.3 Å². The van der Waals surface area contributed by atoms with Crippen molar-refractivity contribution in [2.45, 2.75) is 18.1 Å². The minimum absolute atomic E-state index is 0.152. The van der Waals surface area contributed by atoms with Gasteiger partial charge in [0, 0.05) is 15.6 Å². The Balaban J connectivity index is 1.75. The predicted octanol–water partition coefficient (Wildman–Crippen LogP) is 4.35. The van der Waals surface area contributed by atoms with Gasteiger partial charge in [0.2, 0.25) is 0 Å². The fraction of sp³-hybridized carbons (Fsp3) is 0.125. The number of sulfonamides is 1. The highest BCUT2D eigenvalue weighted by Gasteiger charge is 2.17. The summed E-state index contributed by atoms with van der Waals surface area (Å²) in [5, 5.41) is 11.7. The summed E-state index contributed by atoms with van der Waals surface area (Å²) in [5.41, 5.74) is 1.70. The van der Waals surface area contributed by atoms with E-state index in [0.29, 0.717) is 10.8 Å². The van der Waals surface area contributed by atoms with E-state index in [9.17, 15) is 8.42 Å². The molecule has 0 atom stereocenters. The van der Waals surface area contributed by atoms with E-state index < -0.39 is 10.0 Å². The Kier molecular flexibility index (Phi) is 4.94. The van der Waals surface area contributed by atoms with Gasteiger partial charge in [-0.2, -0.15) is 0 Å². The van der Waals surface area contributed by atoms with Crippen molar-refractivity contribution in [2.75, 3.05) is 10.0 Å². The highest BCUT2D eigenvalue weighted by atomic mass is 35.5. The first-order chi connectivity index (χ1) is 11.8. The Morgan fingerprint density at radius 1 is 1.00 bits per heavy atom. The van der Waals surface area contributed by atoms with Crippen molar-refractivity contribution in [3.63, 3.8) is 0 Å². The first kappa shape index (κ1) is 17.7. The van der Waals surface area contributed by atoms with Gasteiger partial charge in [-0.25, -0.2) is 8.42 Å². The lowest BCUT2D eigenvalue weighted by atomic mass is 10.2. The first-order valence-electron chi connectivity index (χ1n) is 7.30. The van der Waals surface area contributed by atoms with E-state index in [1.165, 1.54) is 11.3 Å². The number of hydrogen-bond acceptors (Lipinski definition) is 6. The molecule has 0 saturated heterocycles. The number of aromatic nitrogens is 2. The number of nitrogens with zero attached hydrogens (tertiary/aromatic N) is 2. The lowest BCUT2D eigenvalue weighted by Crippen LogP contribution is -2.13. The molecule has 0 aliphatic rings. The van der Waals surface area contributed by atoms with Crippen molar-refractivity contribution in [3.8, 4) is 0 Å². The zero-order valence-electron chi connectivity index (χ0n) is 13.4. The van der Waals surface area contributed by atoms with Crippen molar-refractivity contribution in [1.82, 2.24) is 10.2 Å². The Morgan fingerprint density at radius 2 is 1.72 bits per heavy atom. The molecule has 3 aromatic rings. The van der Waals surface area contributed by atoms with Crippen LogP contribution >= 0.6 is 22.9 Å². The second kappa shape index (κ2) is 6.99. The average molecular weight is 395 g/mol. The van der Waals surface area contributed by atoms with E-state index in [1.807, 2.05) is 26.0 Å². The lowest BCUT2D eigenvalue weighted by Gasteiger charge is -2.10. The minimum atomic E-state index is -3.65. The van der Waals surface area contributed by atoms with E-state index >= 15 is 0 Å². The van der Waals surface area contributed by atoms with Crippen LogP contribution in [0.4, 0.5) is 17.3 Å². The molecule has 0 bridgehead atoms. The summed E-state index contributed by atoms with van der Waals surface area (Å²) >= 11 is 7.28. The topological polar surface area (TPSA) is 84.0 Å². The van der Waals surface area contributed by atoms with Crippen LogP contribution in [0.25, 0.3) is 0 Å². The zero-order valence-corrected chi connectivity index (χ0v) is 15.8. The lowest BCUT2D eigenvalue weighted by molar-refractivity contribution is 0.603. The summed E-state index contributed by atoms with van der Waals surface area (Å²) in [6, 6.07) is 12.0. The van der Waals surface area contributed by atoms with Crippen LogP contribution in [0.3, 0.4) is 0 Å². The third-order valence-corrected chi connectivity index (χ3v) is 6.67. The zero-order chi connectivity index (χ0) is 18.0. The maximum absolute atomic E-state index is 12.3. The smallest absolute Gasteiger partial charge is 0.272 e. The summed E-state index contributed by atoms with van der Waals surface area (Å²) in [5.74, 6) is 0.639. The second-order valence-electron chi connectivity index (χ2n) is 5.31. The maximum Gasteiger partial charge on any atom is 0.272 e. The molecule has 0 amide bonds. The molecule has 3 rings (SSSR count). The van der Waals surface area contributed by atoms with Crippen LogP contribution in [-0.4, -0.2) is 18.6 Å². The number of rotatable bonds is 5. The van der Waals surface area contributed by atoms with Crippen LogP contribution in [-0.2, 0) is 10.0 Å². The molecule has 0 radical (unpaired) electrons. The molecule has 130 valence electrons.